The Morgan fingerprint density at radius 1 is 1.04 bits per heavy atom. The van der Waals surface area contributed by atoms with E-state index in [1.54, 1.807) is 6.07 Å². The number of aromatic hydroxyl groups is 1. The Hall–Kier alpha value is -2.69. The Morgan fingerprint density at radius 2 is 1.87 bits per heavy atom. The fourth-order valence-corrected chi connectivity index (χ4v) is 3.43. The predicted octanol–water partition coefficient (Wildman–Crippen LogP) is 3.11. The van der Waals surface area contributed by atoms with Crippen molar-refractivity contribution in [1.29, 1.82) is 0 Å². The van der Waals surface area contributed by atoms with Gasteiger partial charge in [-0.1, -0.05) is 18.2 Å². The molecule has 5 nitrogen and oxygen atoms in total. The van der Waals surface area contributed by atoms with E-state index in [2.05, 4.69) is 10.1 Å². The van der Waals surface area contributed by atoms with Crippen molar-refractivity contribution in [3.63, 3.8) is 0 Å². The molecule has 0 unspecified atom stereocenters. The third kappa shape index (κ3) is 1.82. The lowest BCUT2D eigenvalue weighted by Crippen LogP contribution is -1.95. The molecule has 23 heavy (non-hydrogen) atoms. The lowest BCUT2D eigenvalue weighted by Gasteiger charge is -2.09. The summed E-state index contributed by atoms with van der Waals surface area (Å²) in [6.07, 6.45) is 3.56. The van der Waals surface area contributed by atoms with Crippen LogP contribution in [0.15, 0.2) is 30.3 Å². The van der Waals surface area contributed by atoms with Gasteiger partial charge in [-0.3, -0.25) is 4.79 Å². The average Bonchev–Trinajstić information content (AvgIpc) is 3.20. The van der Waals surface area contributed by atoms with Gasteiger partial charge in [0.25, 0.3) is 0 Å². The van der Waals surface area contributed by atoms with Crippen molar-refractivity contribution in [2.45, 2.75) is 31.6 Å². The first-order valence-corrected chi connectivity index (χ1v) is 7.96. The number of fused-ring (bicyclic) bond motifs is 2. The first-order valence-electron chi connectivity index (χ1n) is 7.96. The molecule has 0 saturated heterocycles. The minimum absolute atomic E-state index is 0.0896. The smallest absolute Gasteiger partial charge is 0.214 e. The maximum absolute atomic E-state index is 12.0. The predicted molar refractivity (Wildman–Crippen MR) is 84.7 cm³/mol. The Balaban J connectivity index is 1.78. The highest BCUT2D eigenvalue weighted by Gasteiger charge is 2.29. The maximum atomic E-state index is 12.0. The molecule has 0 spiro atoms. The molecule has 0 bridgehead atoms. The minimum Gasteiger partial charge on any atom is -0.493 e. The van der Waals surface area contributed by atoms with E-state index in [9.17, 15) is 9.90 Å². The largest absolute Gasteiger partial charge is 0.493 e. The maximum Gasteiger partial charge on any atom is 0.214 e. The van der Waals surface area contributed by atoms with Crippen LogP contribution in [-0.2, 0) is 6.42 Å². The highest BCUT2D eigenvalue weighted by atomic mass is 16.3. The second-order valence-corrected chi connectivity index (χ2v) is 6.34. The van der Waals surface area contributed by atoms with Crippen molar-refractivity contribution in [3.05, 3.63) is 47.3 Å². The number of Topliss-reactive ketones (excluding diaryl/α,β-unsaturated/α-hetero) is 1. The second kappa shape index (κ2) is 4.41. The summed E-state index contributed by atoms with van der Waals surface area (Å²) in [6, 6.07) is 9.34. The van der Waals surface area contributed by atoms with E-state index in [1.165, 1.54) is 4.52 Å². The molecule has 1 N–H and O–H groups in total. The van der Waals surface area contributed by atoms with Gasteiger partial charge in [-0.25, -0.2) is 4.98 Å². The van der Waals surface area contributed by atoms with Gasteiger partial charge in [0.1, 0.15) is 0 Å². The normalized spacial score (nSPS) is 17.0. The number of ketones is 1. The number of aromatic nitrogens is 3. The number of carbonyl (C=O) groups is 1. The van der Waals surface area contributed by atoms with Gasteiger partial charge in [-0.05, 0) is 36.5 Å². The molecular formula is C18H15N3O2. The lowest BCUT2D eigenvalue weighted by atomic mass is 9.97. The van der Waals surface area contributed by atoms with Crippen LogP contribution in [0, 0.1) is 0 Å². The van der Waals surface area contributed by atoms with Crippen molar-refractivity contribution in [1.82, 2.24) is 14.6 Å². The van der Waals surface area contributed by atoms with Crippen LogP contribution in [0.4, 0.5) is 0 Å². The summed E-state index contributed by atoms with van der Waals surface area (Å²) < 4.78 is 1.51. The molecule has 3 aromatic rings. The van der Waals surface area contributed by atoms with Gasteiger partial charge in [0.2, 0.25) is 5.88 Å². The number of nitrogens with zero attached hydrogens (tertiary/aromatic N) is 3. The molecule has 0 aliphatic heterocycles. The molecule has 0 radical (unpaired) electrons. The lowest BCUT2D eigenvalue weighted by molar-refractivity contribution is 0.0994. The topological polar surface area (TPSA) is 67.5 Å². The van der Waals surface area contributed by atoms with Crippen LogP contribution >= 0.6 is 0 Å². The van der Waals surface area contributed by atoms with E-state index in [0.29, 0.717) is 18.0 Å². The summed E-state index contributed by atoms with van der Waals surface area (Å²) >= 11 is 0. The van der Waals surface area contributed by atoms with E-state index >= 15 is 0 Å². The molecule has 5 rings (SSSR count). The highest BCUT2D eigenvalue weighted by Crippen LogP contribution is 2.40. The monoisotopic (exact) mass is 305 g/mol. The van der Waals surface area contributed by atoms with Gasteiger partial charge in [0.05, 0.1) is 0 Å². The van der Waals surface area contributed by atoms with Crippen LogP contribution in [0.5, 0.6) is 5.88 Å². The zero-order chi connectivity index (χ0) is 15.6. The minimum atomic E-state index is 0.0896. The van der Waals surface area contributed by atoms with Crippen LogP contribution in [0.25, 0.3) is 16.8 Å². The Morgan fingerprint density at radius 3 is 2.70 bits per heavy atom. The van der Waals surface area contributed by atoms with Gasteiger partial charge in [0, 0.05) is 29.5 Å². The van der Waals surface area contributed by atoms with Crippen LogP contribution in [0.3, 0.4) is 0 Å². The van der Waals surface area contributed by atoms with Gasteiger partial charge in [-0.2, -0.15) is 4.52 Å². The van der Waals surface area contributed by atoms with E-state index in [0.717, 1.165) is 47.3 Å². The molecule has 1 fully saturated rings. The summed E-state index contributed by atoms with van der Waals surface area (Å²) in [7, 11) is 0. The third-order valence-corrected chi connectivity index (χ3v) is 4.79. The van der Waals surface area contributed by atoms with E-state index in [4.69, 9.17) is 0 Å². The molecule has 0 amide bonds. The zero-order valence-corrected chi connectivity index (χ0v) is 12.5. The molecule has 2 aliphatic carbocycles. The van der Waals surface area contributed by atoms with Gasteiger partial charge in [0.15, 0.2) is 17.3 Å². The fraction of sp³-hybridized carbons (Fsp3) is 0.278. The number of hydrogen-bond donors (Lipinski definition) is 1. The molecule has 1 saturated carbocycles. The van der Waals surface area contributed by atoms with Crippen LogP contribution < -0.4 is 0 Å². The van der Waals surface area contributed by atoms with Crippen LogP contribution in [0.1, 0.15) is 46.9 Å². The number of hydrogen-bond acceptors (Lipinski definition) is 4. The summed E-state index contributed by atoms with van der Waals surface area (Å²) in [5.41, 5.74) is 4.51. The fourth-order valence-electron chi connectivity index (χ4n) is 3.43. The summed E-state index contributed by atoms with van der Waals surface area (Å²) in [5, 5.41) is 14.6. The number of benzene rings is 1. The number of carbonyl (C=O) groups excluding carboxylic acids is 1. The Bertz CT molecular complexity index is 970. The third-order valence-electron chi connectivity index (χ3n) is 4.79. The second-order valence-electron chi connectivity index (χ2n) is 6.34. The summed E-state index contributed by atoms with van der Waals surface area (Å²) in [4.78, 5) is 16.7. The summed E-state index contributed by atoms with van der Waals surface area (Å²) in [5.74, 6) is 1.52. The van der Waals surface area contributed by atoms with Crippen molar-refractivity contribution in [3.8, 4) is 17.0 Å². The van der Waals surface area contributed by atoms with Crippen LogP contribution in [-0.4, -0.2) is 25.5 Å². The SMILES string of the molecule is O=C1CCc2c1cccc2-c1ccc(O)n2nc(C3CC3)nc12. The molecule has 2 aromatic heterocycles. The van der Waals surface area contributed by atoms with E-state index in [1.807, 2.05) is 24.3 Å². The molecule has 2 heterocycles. The zero-order valence-electron chi connectivity index (χ0n) is 12.5. The summed E-state index contributed by atoms with van der Waals surface area (Å²) in [6.45, 7) is 0. The van der Waals surface area contributed by atoms with Gasteiger partial charge >= 0.3 is 0 Å². The molecule has 114 valence electrons. The van der Waals surface area contributed by atoms with Crippen LogP contribution in [0.2, 0.25) is 0 Å². The molecule has 1 aromatic carbocycles. The first-order chi connectivity index (χ1) is 11.2. The van der Waals surface area contributed by atoms with Gasteiger partial charge in [-0.15, -0.1) is 5.10 Å². The van der Waals surface area contributed by atoms with Crippen molar-refractivity contribution >= 4 is 11.4 Å². The van der Waals surface area contributed by atoms with E-state index in [-0.39, 0.29) is 11.7 Å². The Labute approximate surface area is 132 Å². The highest BCUT2D eigenvalue weighted by molar-refractivity contribution is 6.03. The van der Waals surface area contributed by atoms with Gasteiger partial charge < -0.3 is 5.11 Å². The van der Waals surface area contributed by atoms with E-state index < -0.39 is 0 Å². The molecule has 5 heteroatoms. The van der Waals surface area contributed by atoms with Crippen molar-refractivity contribution in [2.75, 3.05) is 0 Å². The quantitative estimate of drug-likeness (QED) is 0.790. The molecular weight excluding hydrogens is 290 g/mol. The number of pyridine rings is 1. The first kappa shape index (κ1) is 12.8. The average molecular weight is 305 g/mol. The molecule has 0 atom stereocenters. The number of rotatable bonds is 2. The molecule has 2 aliphatic rings. The van der Waals surface area contributed by atoms with Crippen molar-refractivity contribution < 1.29 is 9.90 Å². The standard InChI is InChI=1S/C18H15N3O2/c22-15-8-6-12-11(2-1-3-13(12)15)14-7-9-16(23)21-18(14)19-17(20-21)10-4-5-10/h1-3,7,9-10,23H,4-6,8H2. The Kier molecular flexibility index (Phi) is 2.46. The van der Waals surface area contributed by atoms with Crippen molar-refractivity contribution in [2.24, 2.45) is 0 Å².